The van der Waals surface area contributed by atoms with Gasteiger partial charge in [-0.25, -0.2) is 24.9 Å². The van der Waals surface area contributed by atoms with Crippen molar-refractivity contribution < 1.29 is 0 Å². The van der Waals surface area contributed by atoms with E-state index in [1.54, 1.807) is 29.3 Å². The van der Waals surface area contributed by atoms with E-state index in [2.05, 4.69) is 24.9 Å². The van der Waals surface area contributed by atoms with Crippen LogP contribution in [-0.2, 0) is 0 Å². The van der Waals surface area contributed by atoms with Gasteiger partial charge >= 0.3 is 0 Å². The van der Waals surface area contributed by atoms with Gasteiger partial charge in [0.05, 0.1) is 0 Å². The average molecular weight is 259 g/mol. The number of rotatable bonds is 1. The molecular formula is C10H5N5S2. The summed E-state index contributed by atoms with van der Waals surface area (Å²) in [5, 5.41) is 1.84. The lowest BCUT2D eigenvalue weighted by Gasteiger charge is -1.98. The van der Waals surface area contributed by atoms with Crippen molar-refractivity contribution in [2.45, 2.75) is 5.37 Å². The van der Waals surface area contributed by atoms with E-state index < -0.39 is 0 Å². The van der Waals surface area contributed by atoms with Gasteiger partial charge in [0, 0.05) is 6.20 Å². The third kappa shape index (κ3) is 1.43. The normalized spacial score (nSPS) is 21.8. The number of hydrogen-bond acceptors (Lipinski definition) is 7. The number of thiazole rings is 1. The lowest BCUT2D eigenvalue weighted by Crippen LogP contribution is -1.94. The number of fused-ring (bicyclic) bond motifs is 2. The van der Waals surface area contributed by atoms with Gasteiger partial charge in [0.15, 0.2) is 11.2 Å². The van der Waals surface area contributed by atoms with Gasteiger partial charge in [-0.3, -0.25) is 0 Å². The van der Waals surface area contributed by atoms with E-state index in [-0.39, 0.29) is 5.37 Å². The van der Waals surface area contributed by atoms with E-state index in [9.17, 15) is 0 Å². The highest BCUT2D eigenvalue weighted by molar-refractivity contribution is 8.16. The van der Waals surface area contributed by atoms with Crippen LogP contribution in [0.25, 0.3) is 10.3 Å². The highest BCUT2D eigenvalue weighted by Gasteiger charge is 2.30. The molecule has 1 atom stereocenters. The Balaban J connectivity index is 1.79. The molecule has 0 aromatic carbocycles. The van der Waals surface area contributed by atoms with Crippen molar-refractivity contribution in [3.63, 3.8) is 0 Å². The molecule has 2 aromatic heterocycles. The standard InChI is InChI=1S/C10H5N5S2/c1-2-5-7(11-3-1)16-9(14-5)10-15-6-8(17-10)13-4-12-6/h1-4,10H. The minimum atomic E-state index is -0.0135. The Morgan fingerprint density at radius 3 is 3.18 bits per heavy atom. The van der Waals surface area contributed by atoms with Gasteiger partial charge in [-0.2, -0.15) is 0 Å². The maximum atomic E-state index is 4.54. The number of nitrogens with zero attached hydrogens (tertiary/aromatic N) is 5. The first-order valence-corrected chi connectivity index (χ1v) is 6.66. The fourth-order valence-corrected chi connectivity index (χ4v) is 3.61. The van der Waals surface area contributed by atoms with Crippen LogP contribution in [0.3, 0.4) is 0 Å². The minimum Gasteiger partial charge on any atom is -0.244 e. The van der Waals surface area contributed by atoms with Gasteiger partial charge in [0.25, 0.3) is 0 Å². The highest BCUT2D eigenvalue weighted by Crippen LogP contribution is 2.40. The van der Waals surface area contributed by atoms with Crippen molar-refractivity contribution >= 4 is 50.7 Å². The van der Waals surface area contributed by atoms with Crippen LogP contribution in [0.1, 0.15) is 10.4 Å². The largest absolute Gasteiger partial charge is 0.244 e. The maximum Gasteiger partial charge on any atom is 0.183 e. The molecule has 0 spiro atoms. The summed E-state index contributed by atoms with van der Waals surface area (Å²) in [4.78, 5) is 22.5. The van der Waals surface area contributed by atoms with E-state index in [0.29, 0.717) is 0 Å². The molecule has 7 heteroatoms. The molecule has 0 radical (unpaired) electrons. The first kappa shape index (κ1) is 9.43. The fourth-order valence-electron chi connectivity index (χ4n) is 1.66. The summed E-state index contributed by atoms with van der Waals surface area (Å²) in [6.45, 7) is 0. The van der Waals surface area contributed by atoms with Crippen molar-refractivity contribution in [3.05, 3.63) is 23.3 Å². The summed E-state index contributed by atoms with van der Waals surface area (Å²) in [5.74, 6) is 0.729. The average Bonchev–Trinajstić information content (AvgIpc) is 3.01. The van der Waals surface area contributed by atoms with Gasteiger partial charge in [-0.15, -0.1) is 0 Å². The summed E-state index contributed by atoms with van der Waals surface area (Å²) in [5.41, 5.74) is 0.927. The van der Waals surface area contributed by atoms with Crippen LogP contribution in [0.15, 0.2) is 33.3 Å². The third-order valence-electron chi connectivity index (χ3n) is 2.40. The minimum absolute atomic E-state index is 0.0135. The number of thioether (sulfide) groups is 1. The van der Waals surface area contributed by atoms with E-state index in [1.165, 1.54) is 6.34 Å². The Hall–Kier alpha value is -1.60. The van der Waals surface area contributed by atoms with Crippen molar-refractivity contribution in [1.29, 1.82) is 0 Å². The number of pyridine rings is 1. The summed E-state index contributed by atoms with van der Waals surface area (Å²) in [7, 11) is 0. The zero-order chi connectivity index (χ0) is 11.2. The molecule has 0 fully saturated rings. The smallest absolute Gasteiger partial charge is 0.183 e. The summed E-state index contributed by atoms with van der Waals surface area (Å²) < 4.78 is 0. The first-order chi connectivity index (χ1) is 8.40. The highest BCUT2D eigenvalue weighted by atomic mass is 32.2. The van der Waals surface area contributed by atoms with Crippen LogP contribution in [0.2, 0.25) is 0 Å². The van der Waals surface area contributed by atoms with E-state index in [0.717, 1.165) is 26.2 Å². The fraction of sp³-hybridized carbons (Fsp3) is 0.100. The number of aliphatic imine (C=N–C) groups is 3. The molecule has 82 valence electrons. The molecule has 0 aliphatic carbocycles. The third-order valence-corrected chi connectivity index (χ3v) is 4.65. The van der Waals surface area contributed by atoms with Gasteiger partial charge in [0.2, 0.25) is 0 Å². The van der Waals surface area contributed by atoms with Crippen molar-refractivity contribution in [1.82, 2.24) is 9.97 Å². The maximum absolute atomic E-state index is 4.54. The summed E-state index contributed by atoms with van der Waals surface area (Å²) >= 11 is 3.17. The van der Waals surface area contributed by atoms with Gasteiger partial charge < -0.3 is 0 Å². The van der Waals surface area contributed by atoms with Gasteiger partial charge in [0.1, 0.15) is 26.7 Å². The predicted octanol–water partition coefficient (Wildman–Crippen LogP) is 2.28. The van der Waals surface area contributed by atoms with E-state index >= 15 is 0 Å². The van der Waals surface area contributed by atoms with Crippen LogP contribution >= 0.6 is 23.1 Å². The zero-order valence-corrected chi connectivity index (χ0v) is 10.1. The lowest BCUT2D eigenvalue weighted by atomic mass is 10.5. The zero-order valence-electron chi connectivity index (χ0n) is 8.44. The molecule has 17 heavy (non-hydrogen) atoms. The van der Waals surface area contributed by atoms with Crippen LogP contribution < -0.4 is 0 Å². The molecule has 5 nitrogen and oxygen atoms in total. The van der Waals surface area contributed by atoms with Crippen LogP contribution in [-0.4, -0.2) is 27.2 Å². The SMILES string of the molecule is C1=NC2=NC(c3nc4cccnc4s3)SC2=N1. The van der Waals surface area contributed by atoms with E-state index in [1.807, 2.05) is 12.1 Å². The molecule has 0 saturated heterocycles. The molecule has 0 saturated carbocycles. The number of hydrogen-bond donors (Lipinski definition) is 0. The Kier molecular flexibility index (Phi) is 1.91. The quantitative estimate of drug-likeness (QED) is 0.789. The molecule has 2 aliphatic heterocycles. The Labute approximate surface area is 104 Å². The van der Waals surface area contributed by atoms with Crippen LogP contribution in [0, 0.1) is 0 Å². The van der Waals surface area contributed by atoms with E-state index in [4.69, 9.17) is 0 Å². The number of amidine groups is 1. The Bertz CT molecular complexity index is 667. The first-order valence-electron chi connectivity index (χ1n) is 4.97. The lowest BCUT2D eigenvalue weighted by molar-refractivity contribution is 1.03. The molecule has 0 bridgehead atoms. The van der Waals surface area contributed by atoms with Crippen LogP contribution in [0.4, 0.5) is 0 Å². The monoisotopic (exact) mass is 259 g/mol. The molecular weight excluding hydrogens is 254 g/mol. The molecule has 2 aromatic rings. The molecule has 0 N–H and O–H groups in total. The number of aromatic nitrogens is 2. The molecule has 2 aliphatic rings. The van der Waals surface area contributed by atoms with Crippen molar-refractivity contribution in [3.8, 4) is 0 Å². The molecule has 1 unspecified atom stereocenters. The summed E-state index contributed by atoms with van der Waals surface area (Å²) in [6, 6.07) is 3.86. The van der Waals surface area contributed by atoms with Crippen molar-refractivity contribution in [2.24, 2.45) is 15.0 Å². The predicted molar refractivity (Wildman–Crippen MR) is 71.1 cm³/mol. The Morgan fingerprint density at radius 1 is 1.29 bits per heavy atom. The Morgan fingerprint density at radius 2 is 2.29 bits per heavy atom. The second-order valence-electron chi connectivity index (χ2n) is 3.48. The molecule has 4 heterocycles. The van der Waals surface area contributed by atoms with Crippen molar-refractivity contribution in [2.75, 3.05) is 0 Å². The van der Waals surface area contributed by atoms with Gasteiger partial charge in [-0.05, 0) is 12.1 Å². The second-order valence-corrected chi connectivity index (χ2v) is 5.56. The van der Waals surface area contributed by atoms with Gasteiger partial charge in [-0.1, -0.05) is 23.1 Å². The summed E-state index contributed by atoms with van der Waals surface area (Å²) in [6.07, 6.45) is 3.32. The topological polar surface area (TPSA) is 62.9 Å². The van der Waals surface area contributed by atoms with Crippen LogP contribution in [0.5, 0.6) is 0 Å². The molecule has 4 rings (SSSR count). The second kappa shape index (κ2) is 3.44. The molecule has 0 amide bonds.